The van der Waals surface area contributed by atoms with Gasteiger partial charge < -0.3 is 9.80 Å². The van der Waals surface area contributed by atoms with E-state index < -0.39 is 35.7 Å². The van der Waals surface area contributed by atoms with Crippen LogP contribution in [0.1, 0.15) is 88.1 Å². The molecule has 0 atom stereocenters. The molecule has 5 nitrogen and oxygen atoms in total. The molecule has 0 N–H and O–H groups in total. The summed E-state index contributed by atoms with van der Waals surface area (Å²) in [5.74, 6) is -0.280. The van der Waals surface area contributed by atoms with Gasteiger partial charge >= 0.3 is 12.4 Å². The summed E-state index contributed by atoms with van der Waals surface area (Å²) in [7, 11) is 0. The number of aryl methyl sites for hydroxylation is 1. The van der Waals surface area contributed by atoms with E-state index in [1.54, 1.807) is 0 Å². The fourth-order valence-electron chi connectivity index (χ4n) is 5.16. The molecule has 0 saturated carbocycles. The molecule has 1 amide bonds. The van der Waals surface area contributed by atoms with Crippen LogP contribution < -0.4 is 0 Å². The lowest BCUT2D eigenvalue weighted by Crippen LogP contribution is -2.47. The molecule has 0 spiro atoms. The summed E-state index contributed by atoms with van der Waals surface area (Å²) in [5.41, 5.74) is -0.122. The average Bonchev–Trinajstić information content (AvgIpc) is 2.98. The number of piperidine rings is 1. The maximum Gasteiger partial charge on any atom is 0.416 e. The molecular weight excluding hydrogens is 596 g/mol. The number of amides is 1. The molecule has 0 bridgehead atoms. The van der Waals surface area contributed by atoms with E-state index >= 15 is 0 Å². The third-order valence-corrected chi connectivity index (χ3v) is 7.25. The first-order valence-electron chi connectivity index (χ1n) is 15.4. The van der Waals surface area contributed by atoms with Crippen LogP contribution in [0.4, 0.5) is 32.0 Å². The Hall–Kier alpha value is -3.21. The highest BCUT2D eigenvalue weighted by molar-refractivity contribution is 5.79. The fourth-order valence-corrected chi connectivity index (χ4v) is 5.16. The van der Waals surface area contributed by atoms with Gasteiger partial charge in [-0.15, -0.1) is 0 Å². The molecule has 1 aliphatic heterocycles. The van der Waals surface area contributed by atoms with Gasteiger partial charge in [-0.25, -0.2) is 0 Å². The van der Waals surface area contributed by atoms with Crippen molar-refractivity contribution < 1.29 is 35.9 Å². The Kier molecular flexibility index (Phi) is 16.5. The van der Waals surface area contributed by atoms with E-state index in [0.717, 1.165) is 49.7 Å². The minimum absolute atomic E-state index is 0.0314. The van der Waals surface area contributed by atoms with Crippen LogP contribution in [0.2, 0.25) is 0 Å². The van der Waals surface area contributed by atoms with Gasteiger partial charge in [-0.2, -0.15) is 26.3 Å². The Morgan fingerprint density at radius 2 is 1.38 bits per heavy atom. The summed E-state index contributed by atoms with van der Waals surface area (Å²) in [4.78, 5) is 32.1. The Morgan fingerprint density at radius 3 is 1.80 bits per heavy atom. The van der Waals surface area contributed by atoms with E-state index in [1.807, 2.05) is 43.9 Å². The van der Waals surface area contributed by atoms with E-state index in [2.05, 4.69) is 30.5 Å². The predicted molar refractivity (Wildman–Crippen MR) is 168 cm³/mol. The number of likely N-dealkylation sites (tertiary alicyclic amines) is 1. The van der Waals surface area contributed by atoms with Crippen LogP contribution in [-0.4, -0.2) is 60.4 Å². The number of aliphatic imine (C=N–C) groups is 1. The number of ketones is 1. The van der Waals surface area contributed by atoms with E-state index in [4.69, 9.17) is 0 Å². The Labute approximate surface area is 263 Å². The maximum atomic E-state index is 12.6. The number of halogens is 6. The lowest BCUT2D eigenvalue weighted by Gasteiger charge is -2.38. The quantitative estimate of drug-likeness (QED) is 0.192. The number of nitrogens with zero attached hydrogens (tertiary/aromatic N) is 3. The minimum Gasteiger partial charge on any atom is -0.342 e. The number of carbonyl (C=O) groups excluding carboxylic acids is 2. The Morgan fingerprint density at radius 1 is 0.867 bits per heavy atom. The third kappa shape index (κ3) is 13.4. The zero-order valence-corrected chi connectivity index (χ0v) is 27.2. The highest BCUT2D eigenvalue weighted by Crippen LogP contribution is 2.36. The monoisotopic (exact) mass is 643 g/mol. The van der Waals surface area contributed by atoms with Crippen LogP contribution >= 0.6 is 0 Å². The summed E-state index contributed by atoms with van der Waals surface area (Å²) in [6, 6.07) is 7.80. The van der Waals surface area contributed by atoms with Gasteiger partial charge in [0.1, 0.15) is 5.78 Å². The summed E-state index contributed by atoms with van der Waals surface area (Å²) in [6.07, 6.45) is -5.18. The van der Waals surface area contributed by atoms with Crippen molar-refractivity contribution in [2.75, 3.05) is 26.2 Å². The lowest BCUT2D eigenvalue weighted by atomic mass is 10.0. The molecule has 1 fully saturated rings. The van der Waals surface area contributed by atoms with Crippen molar-refractivity contribution in [3.63, 3.8) is 0 Å². The van der Waals surface area contributed by atoms with Crippen LogP contribution in [-0.2, 0) is 34.8 Å². The van der Waals surface area contributed by atoms with Crippen molar-refractivity contribution >= 4 is 24.1 Å². The number of hydrogen-bond donors (Lipinski definition) is 0. The second-order valence-corrected chi connectivity index (χ2v) is 10.9. The van der Waals surface area contributed by atoms with Crippen molar-refractivity contribution in [1.82, 2.24) is 9.80 Å². The zero-order chi connectivity index (χ0) is 34.4. The average molecular weight is 644 g/mol. The van der Waals surface area contributed by atoms with Crippen LogP contribution in [0.25, 0.3) is 0 Å². The van der Waals surface area contributed by atoms with Crippen LogP contribution in [0.3, 0.4) is 0 Å². The largest absolute Gasteiger partial charge is 0.416 e. The van der Waals surface area contributed by atoms with Crippen molar-refractivity contribution in [3.8, 4) is 0 Å². The molecule has 0 aliphatic carbocycles. The molecule has 0 aromatic heterocycles. The van der Waals surface area contributed by atoms with Crippen molar-refractivity contribution in [2.24, 2.45) is 4.99 Å². The molecule has 1 heterocycles. The van der Waals surface area contributed by atoms with Crippen molar-refractivity contribution in [2.45, 2.75) is 98.5 Å². The molecule has 45 heavy (non-hydrogen) atoms. The molecular formula is C34H47F6N3O2. The lowest BCUT2D eigenvalue weighted by molar-refractivity contribution is -0.143. The topological polar surface area (TPSA) is 53.0 Å². The number of rotatable bonds is 10. The third-order valence-electron chi connectivity index (χ3n) is 7.25. The van der Waals surface area contributed by atoms with Gasteiger partial charge in [-0.3, -0.25) is 14.6 Å². The van der Waals surface area contributed by atoms with E-state index in [0.29, 0.717) is 24.6 Å². The van der Waals surface area contributed by atoms with Crippen molar-refractivity contribution in [3.05, 3.63) is 64.2 Å². The highest BCUT2D eigenvalue weighted by atomic mass is 19.4. The van der Waals surface area contributed by atoms with Crippen molar-refractivity contribution in [1.29, 1.82) is 0 Å². The molecule has 1 saturated heterocycles. The molecule has 2 aromatic carbocycles. The molecule has 0 unspecified atom stereocenters. The SMILES string of the molecule is C=Nc1cc(CC(=O)N2CCC(N(CCC)CCC)CC2)ccc1C.CC.CC(=O)Cc1cc(C(F)(F)F)cc(C(F)(F)F)c1. The first-order chi connectivity index (χ1) is 21.1. The number of alkyl halides is 6. The standard InChI is InChI=1S/C21H33N3O.C11H8F6O.C2H6/c1-5-11-23(12-6-2)19-9-13-24(14-10-19)21(25)16-18-8-7-17(3)20(15-18)22-4;1-6(18)2-7-3-8(10(12,13)14)5-9(4-7)11(15,16)17;1-2/h7-8,15,19H,4-6,9-14,16H2,1-3H3;3-5H,2H2,1H3;1-2H3. The molecule has 11 heteroatoms. The minimum atomic E-state index is -4.88. The summed E-state index contributed by atoms with van der Waals surface area (Å²) in [6.45, 7) is 19.3. The molecule has 0 radical (unpaired) electrons. The van der Waals surface area contributed by atoms with Gasteiger partial charge in [0.25, 0.3) is 0 Å². The summed E-state index contributed by atoms with van der Waals surface area (Å²) < 4.78 is 74.5. The first-order valence-corrected chi connectivity index (χ1v) is 15.4. The van der Waals surface area contributed by atoms with E-state index in [-0.39, 0.29) is 17.5 Å². The summed E-state index contributed by atoms with van der Waals surface area (Å²) >= 11 is 0. The normalized spacial score (nSPS) is 13.8. The van der Waals surface area contributed by atoms with Gasteiger partial charge in [0.05, 0.1) is 23.2 Å². The fraction of sp³-hybridized carbons (Fsp3) is 0.559. The van der Waals surface area contributed by atoms with E-state index in [1.165, 1.54) is 25.9 Å². The number of benzene rings is 2. The zero-order valence-electron chi connectivity index (χ0n) is 27.2. The number of hydrogen-bond acceptors (Lipinski definition) is 4. The van der Waals surface area contributed by atoms with Crippen LogP contribution in [0.5, 0.6) is 0 Å². The van der Waals surface area contributed by atoms with E-state index in [9.17, 15) is 35.9 Å². The van der Waals surface area contributed by atoms with Gasteiger partial charge in [0.15, 0.2) is 0 Å². The molecule has 3 rings (SSSR count). The smallest absolute Gasteiger partial charge is 0.342 e. The first kappa shape index (κ1) is 39.8. The molecule has 252 valence electrons. The van der Waals surface area contributed by atoms with Crippen LogP contribution in [0, 0.1) is 6.92 Å². The second kappa shape index (κ2) is 18.7. The summed E-state index contributed by atoms with van der Waals surface area (Å²) in [5, 5.41) is 0. The predicted octanol–water partition coefficient (Wildman–Crippen LogP) is 8.86. The van der Waals surface area contributed by atoms with Gasteiger partial charge in [-0.05, 0) is 100 Å². The van der Waals surface area contributed by atoms with Crippen LogP contribution in [0.15, 0.2) is 41.4 Å². The molecule has 2 aromatic rings. The Bertz CT molecular complexity index is 1200. The molecule has 1 aliphatic rings. The van der Waals surface area contributed by atoms with Gasteiger partial charge in [0, 0.05) is 25.6 Å². The van der Waals surface area contributed by atoms with Gasteiger partial charge in [0.2, 0.25) is 5.91 Å². The number of carbonyl (C=O) groups is 2. The Balaban J connectivity index is 0.000000448. The van der Waals surface area contributed by atoms with Gasteiger partial charge in [-0.1, -0.05) is 39.8 Å². The maximum absolute atomic E-state index is 12.6. The highest BCUT2D eigenvalue weighted by Gasteiger charge is 2.37. The second-order valence-electron chi connectivity index (χ2n) is 10.9. The number of Topliss-reactive ketones (excluding diaryl/α,β-unsaturated/α-hetero) is 1.